The lowest BCUT2D eigenvalue weighted by Gasteiger charge is -2.35. The summed E-state index contributed by atoms with van der Waals surface area (Å²) >= 11 is 12.6. The highest BCUT2D eigenvalue weighted by atomic mass is 35.5. The van der Waals surface area contributed by atoms with Crippen LogP contribution in [0.3, 0.4) is 0 Å². The number of phenols is 2. The Bertz CT molecular complexity index is 634. The zero-order valence-electron chi connectivity index (χ0n) is 11.7. The number of phenolic OH excluding ortho intramolecular Hbond substituents is 2. The lowest BCUT2D eigenvalue weighted by atomic mass is 9.91. The van der Waals surface area contributed by atoms with Gasteiger partial charge in [0.05, 0.1) is 12.1 Å². The van der Waals surface area contributed by atoms with Crippen molar-refractivity contribution in [1.29, 1.82) is 0 Å². The molecule has 6 heteroatoms. The van der Waals surface area contributed by atoms with Crippen LogP contribution in [0.15, 0.2) is 36.4 Å². The minimum absolute atomic E-state index is 0.0797. The van der Waals surface area contributed by atoms with Crippen LogP contribution >= 0.6 is 23.2 Å². The summed E-state index contributed by atoms with van der Waals surface area (Å²) in [5.74, 6) is 0.272. The van der Waals surface area contributed by atoms with Crippen LogP contribution in [0.25, 0.3) is 0 Å². The smallest absolute Gasteiger partial charge is 0.117 e. The predicted octanol–water partition coefficient (Wildman–Crippen LogP) is 3.38. The molecular weight excluding hydrogens is 323 g/mol. The average molecular weight is 339 g/mol. The van der Waals surface area contributed by atoms with Crippen LogP contribution in [0.2, 0.25) is 10.0 Å². The van der Waals surface area contributed by atoms with Crippen molar-refractivity contribution in [1.82, 2.24) is 10.6 Å². The lowest BCUT2D eigenvalue weighted by Crippen LogP contribution is -2.45. The Labute approximate surface area is 138 Å². The maximum absolute atomic E-state index is 9.52. The molecular formula is C16H16Cl2N2O2. The maximum atomic E-state index is 9.52. The molecule has 0 amide bonds. The van der Waals surface area contributed by atoms with Gasteiger partial charge in [-0.15, -0.1) is 0 Å². The van der Waals surface area contributed by atoms with Crippen molar-refractivity contribution in [2.24, 2.45) is 0 Å². The molecule has 0 aromatic heterocycles. The van der Waals surface area contributed by atoms with E-state index < -0.39 is 0 Å². The summed E-state index contributed by atoms with van der Waals surface area (Å²) in [7, 11) is 0. The van der Waals surface area contributed by atoms with Crippen molar-refractivity contribution >= 4 is 23.2 Å². The molecule has 1 aliphatic rings. The molecule has 0 aliphatic carbocycles. The van der Waals surface area contributed by atoms with Gasteiger partial charge in [0.2, 0.25) is 0 Å². The topological polar surface area (TPSA) is 64.5 Å². The summed E-state index contributed by atoms with van der Waals surface area (Å²) in [6.45, 7) is 1.60. The molecule has 0 saturated carbocycles. The molecule has 116 valence electrons. The van der Waals surface area contributed by atoms with Gasteiger partial charge in [-0.05, 0) is 35.4 Å². The minimum atomic E-state index is -0.0797. The van der Waals surface area contributed by atoms with Gasteiger partial charge in [-0.3, -0.25) is 0 Å². The number of hydrogen-bond donors (Lipinski definition) is 4. The Morgan fingerprint density at radius 1 is 0.773 bits per heavy atom. The van der Waals surface area contributed by atoms with Crippen molar-refractivity contribution < 1.29 is 10.2 Å². The minimum Gasteiger partial charge on any atom is -0.508 e. The van der Waals surface area contributed by atoms with Crippen LogP contribution in [0, 0.1) is 0 Å². The zero-order chi connectivity index (χ0) is 15.7. The maximum Gasteiger partial charge on any atom is 0.117 e. The van der Waals surface area contributed by atoms with Crippen LogP contribution < -0.4 is 10.6 Å². The molecule has 0 bridgehead atoms. The SMILES string of the molecule is Oc1ccc([C@@H]2NCCN[C@H]2c2ccc(O)cc2Cl)c(Cl)c1. The van der Waals surface area contributed by atoms with Gasteiger partial charge in [0.1, 0.15) is 11.5 Å². The first-order valence-corrected chi connectivity index (χ1v) is 7.75. The third kappa shape index (κ3) is 3.01. The van der Waals surface area contributed by atoms with E-state index in [1.54, 1.807) is 12.1 Å². The first kappa shape index (κ1) is 15.4. The molecule has 2 aromatic rings. The second-order valence-corrected chi connectivity index (χ2v) is 6.09. The fourth-order valence-corrected chi connectivity index (χ4v) is 3.39. The van der Waals surface area contributed by atoms with Crippen molar-refractivity contribution in [3.05, 3.63) is 57.6 Å². The average Bonchev–Trinajstić information content (AvgIpc) is 2.48. The van der Waals surface area contributed by atoms with Crippen LogP contribution in [0.1, 0.15) is 23.2 Å². The van der Waals surface area contributed by atoms with Gasteiger partial charge in [-0.2, -0.15) is 0 Å². The zero-order valence-corrected chi connectivity index (χ0v) is 13.2. The van der Waals surface area contributed by atoms with Gasteiger partial charge in [-0.25, -0.2) is 0 Å². The molecule has 22 heavy (non-hydrogen) atoms. The summed E-state index contributed by atoms with van der Waals surface area (Å²) in [4.78, 5) is 0. The largest absolute Gasteiger partial charge is 0.508 e. The monoisotopic (exact) mass is 338 g/mol. The first-order chi connectivity index (χ1) is 10.6. The predicted molar refractivity (Wildman–Crippen MR) is 87.7 cm³/mol. The Morgan fingerprint density at radius 3 is 1.55 bits per heavy atom. The fourth-order valence-electron chi connectivity index (χ4n) is 2.81. The highest BCUT2D eigenvalue weighted by Gasteiger charge is 2.30. The van der Waals surface area contributed by atoms with Crippen molar-refractivity contribution in [2.75, 3.05) is 13.1 Å². The van der Waals surface area contributed by atoms with Crippen LogP contribution in [-0.4, -0.2) is 23.3 Å². The molecule has 4 N–H and O–H groups in total. The third-order valence-electron chi connectivity index (χ3n) is 3.83. The Balaban J connectivity index is 2.01. The van der Waals surface area contributed by atoms with Crippen LogP contribution in [-0.2, 0) is 0 Å². The number of aromatic hydroxyl groups is 2. The summed E-state index contributed by atoms with van der Waals surface area (Å²) < 4.78 is 0. The molecule has 1 heterocycles. The molecule has 1 fully saturated rings. The Hall–Kier alpha value is -1.46. The van der Waals surface area contributed by atoms with Crippen molar-refractivity contribution in [3.63, 3.8) is 0 Å². The second-order valence-electron chi connectivity index (χ2n) is 5.28. The highest BCUT2D eigenvalue weighted by molar-refractivity contribution is 6.32. The third-order valence-corrected chi connectivity index (χ3v) is 4.48. The summed E-state index contributed by atoms with van der Waals surface area (Å²) in [5, 5.41) is 26.9. The standard InChI is InChI=1S/C16H16Cl2N2O2/c17-13-7-9(21)1-3-11(13)15-16(20-6-5-19-15)12-4-2-10(22)8-14(12)18/h1-4,7-8,15-16,19-22H,5-6H2/t15-,16-/m0/s1. The number of rotatable bonds is 2. The highest BCUT2D eigenvalue weighted by Crippen LogP contribution is 2.38. The molecule has 2 aromatic carbocycles. The van der Waals surface area contributed by atoms with Gasteiger partial charge >= 0.3 is 0 Å². The number of benzene rings is 2. The van der Waals surface area contributed by atoms with Gasteiger partial charge in [-0.1, -0.05) is 35.3 Å². The number of hydrogen-bond acceptors (Lipinski definition) is 4. The van der Waals surface area contributed by atoms with Crippen molar-refractivity contribution in [2.45, 2.75) is 12.1 Å². The van der Waals surface area contributed by atoms with Gasteiger partial charge in [0.15, 0.2) is 0 Å². The molecule has 1 aliphatic heterocycles. The molecule has 0 radical (unpaired) electrons. The Morgan fingerprint density at radius 2 is 1.18 bits per heavy atom. The normalized spacial score (nSPS) is 21.7. The molecule has 0 unspecified atom stereocenters. The second kappa shape index (κ2) is 6.34. The number of nitrogens with one attached hydrogen (secondary N) is 2. The molecule has 0 spiro atoms. The fraction of sp³-hybridized carbons (Fsp3) is 0.250. The van der Waals surface area contributed by atoms with Crippen LogP contribution in [0.5, 0.6) is 11.5 Å². The van der Waals surface area contributed by atoms with E-state index in [4.69, 9.17) is 23.2 Å². The summed E-state index contributed by atoms with van der Waals surface area (Å²) in [6.07, 6.45) is 0. The lowest BCUT2D eigenvalue weighted by molar-refractivity contribution is 0.333. The van der Waals surface area contributed by atoms with E-state index >= 15 is 0 Å². The van der Waals surface area contributed by atoms with E-state index in [2.05, 4.69) is 10.6 Å². The van der Waals surface area contributed by atoms with Gasteiger partial charge < -0.3 is 20.8 Å². The Kier molecular flexibility index (Phi) is 4.45. The van der Waals surface area contributed by atoms with E-state index in [0.29, 0.717) is 10.0 Å². The molecule has 3 rings (SSSR count). The first-order valence-electron chi connectivity index (χ1n) is 7.00. The van der Waals surface area contributed by atoms with E-state index in [9.17, 15) is 10.2 Å². The molecule has 1 saturated heterocycles. The summed E-state index contributed by atoms with van der Waals surface area (Å²) in [5.41, 5.74) is 1.78. The van der Waals surface area contributed by atoms with Crippen molar-refractivity contribution in [3.8, 4) is 11.5 Å². The van der Waals surface area contributed by atoms with Gasteiger partial charge in [0.25, 0.3) is 0 Å². The van der Waals surface area contributed by atoms with Crippen LogP contribution in [0.4, 0.5) is 0 Å². The van der Waals surface area contributed by atoms with E-state index in [1.165, 1.54) is 12.1 Å². The van der Waals surface area contributed by atoms with E-state index in [1.807, 2.05) is 12.1 Å². The van der Waals surface area contributed by atoms with E-state index in [-0.39, 0.29) is 23.6 Å². The summed E-state index contributed by atoms with van der Waals surface area (Å²) in [6, 6.07) is 9.76. The van der Waals surface area contributed by atoms with Gasteiger partial charge in [0, 0.05) is 23.1 Å². The molecule has 4 nitrogen and oxygen atoms in total. The number of halogens is 2. The quantitative estimate of drug-likeness (QED) is 0.677. The molecule has 2 atom stereocenters. The van der Waals surface area contributed by atoms with E-state index in [0.717, 1.165) is 24.2 Å². The number of piperazine rings is 1.